The average Bonchev–Trinajstić information content (AvgIpc) is 2.60. The predicted molar refractivity (Wildman–Crippen MR) is 89.2 cm³/mol. The van der Waals surface area contributed by atoms with Crippen LogP contribution in [0.15, 0.2) is 59.5 Å². The third-order valence-corrected chi connectivity index (χ3v) is 5.27. The van der Waals surface area contributed by atoms with E-state index in [1.807, 2.05) is 30.3 Å². The molecule has 0 heterocycles. The number of hydrogen-bond acceptors (Lipinski definition) is 4. The van der Waals surface area contributed by atoms with E-state index in [-0.39, 0.29) is 6.42 Å². The van der Waals surface area contributed by atoms with Gasteiger partial charge in [0.15, 0.2) is 9.84 Å². The monoisotopic (exact) mass is 386 g/mol. The van der Waals surface area contributed by atoms with Gasteiger partial charge in [0.2, 0.25) is 0 Å². The minimum atomic E-state index is -4.63. The second kappa shape index (κ2) is 8.35. The minimum Gasteiger partial charge on any atom is -0.465 e. The van der Waals surface area contributed by atoms with E-state index in [4.69, 9.17) is 4.74 Å². The predicted octanol–water partition coefficient (Wildman–Crippen LogP) is 3.66. The molecule has 0 aromatic heterocycles. The molecule has 0 amide bonds. The van der Waals surface area contributed by atoms with Crippen molar-refractivity contribution in [2.24, 2.45) is 0 Å². The molecular weight excluding hydrogens is 369 g/mol. The molecule has 0 N–H and O–H groups in total. The van der Waals surface area contributed by atoms with Gasteiger partial charge in [-0.25, -0.2) is 8.42 Å². The zero-order valence-electron chi connectivity index (χ0n) is 13.7. The number of benzene rings is 2. The van der Waals surface area contributed by atoms with Gasteiger partial charge in [0, 0.05) is 6.42 Å². The van der Waals surface area contributed by atoms with Crippen LogP contribution in [0, 0.1) is 0 Å². The van der Waals surface area contributed by atoms with E-state index >= 15 is 0 Å². The van der Waals surface area contributed by atoms with Crippen molar-refractivity contribution in [2.45, 2.75) is 23.9 Å². The number of carbonyl (C=O) groups excluding carboxylic acids is 1. The van der Waals surface area contributed by atoms with Gasteiger partial charge in [0.05, 0.1) is 16.2 Å². The van der Waals surface area contributed by atoms with Crippen LogP contribution in [0.1, 0.15) is 17.5 Å². The lowest BCUT2D eigenvalue weighted by Gasteiger charge is -2.10. The molecule has 2 aromatic rings. The van der Waals surface area contributed by atoms with Crippen LogP contribution >= 0.6 is 0 Å². The first-order chi connectivity index (χ1) is 12.2. The molecule has 0 unspecified atom stereocenters. The fourth-order valence-electron chi connectivity index (χ4n) is 2.21. The Kier molecular flexibility index (Phi) is 6.42. The summed E-state index contributed by atoms with van der Waals surface area (Å²) in [6, 6.07) is 12.7. The van der Waals surface area contributed by atoms with E-state index in [1.165, 1.54) is 0 Å². The van der Waals surface area contributed by atoms with Gasteiger partial charge in [-0.15, -0.1) is 0 Å². The number of aryl methyl sites for hydroxylation is 1. The maximum absolute atomic E-state index is 12.7. The summed E-state index contributed by atoms with van der Waals surface area (Å²) in [5.41, 5.74) is -0.0977. The number of alkyl halides is 3. The Bertz CT molecular complexity index is 846. The summed E-state index contributed by atoms with van der Waals surface area (Å²) >= 11 is 0. The quantitative estimate of drug-likeness (QED) is 0.682. The van der Waals surface area contributed by atoms with Crippen LogP contribution in [0.3, 0.4) is 0 Å². The maximum Gasteiger partial charge on any atom is 0.416 e. The Morgan fingerprint density at radius 2 is 1.69 bits per heavy atom. The molecular formula is C18H17F3O4S. The lowest BCUT2D eigenvalue weighted by atomic mass is 10.1. The Morgan fingerprint density at radius 3 is 2.35 bits per heavy atom. The Balaban J connectivity index is 1.87. The standard InChI is InChI=1S/C18H17F3O4S/c19-18(20,21)15-7-4-8-16(13-15)26(23,24)12-11-25-17(22)10-9-14-5-2-1-3-6-14/h1-8,13H,9-12H2. The van der Waals surface area contributed by atoms with Crippen LogP contribution in [0.4, 0.5) is 13.2 Å². The molecule has 0 aliphatic heterocycles. The van der Waals surface area contributed by atoms with Crippen LogP contribution in [0.5, 0.6) is 0 Å². The van der Waals surface area contributed by atoms with Crippen molar-refractivity contribution in [3.63, 3.8) is 0 Å². The van der Waals surface area contributed by atoms with Gasteiger partial charge >= 0.3 is 12.1 Å². The highest BCUT2D eigenvalue weighted by Gasteiger charge is 2.31. The second-order valence-corrected chi connectivity index (χ2v) is 7.66. The number of halogens is 3. The maximum atomic E-state index is 12.7. The van der Waals surface area contributed by atoms with Gasteiger partial charge in [-0.3, -0.25) is 4.79 Å². The van der Waals surface area contributed by atoms with Crippen molar-refractivity contribution < 1.29 is 31.1 Å². The van der Waals surface area contributed by atoms with Crippen molar-refractivity contribution >= 4 is 15.8 Å². The van der Waals surface area contributed by atoms with E-state index in [9.17, 15) is 26.4 Å². The van der Waals surface area contributed by atoms with Gasteiger partial charge in [-0.1, -0.05) is 36.4 Å². The summed E-state index contributed by atoms with van der Waals surface area (Å²) in [5, 5.41) is 0. The number of hydrogen-bond donors (Lipinski definition) is 0. The highest BCUT2D eigenvalue weighted by molar-refractivity contribution is 7.91. The average molecular weight is 386 g/mol. The fraction of sp³-hybridized carbons (Fsp3) is 0.278. The van der Waals surface area contributed by atoms with Crippen LogP contribution in [-0.4, -0.2) is 26.7 Å². The van der Waals surface area contributed by atoms with Gasteiger partial charge in [-0.05, 0) is 30.2 Å². The van der Waals surface area contributed by atoms with Crippen molar-refractivity contribution in [3.05, 3.63) is 65.7 Å². The number of esters is 1. The molecule has 2 aromatic carbocycles. The third-order valence-electron chi connectivity index (χ3n) is 3.60. The summed E-state index contributed by atoms with van der Waals surface area (Å²) in [7, 11) is -3.98. The smallest absolute Gasteiger partial charge is 0.416 e. The van der Waals surface area contributed by atoms with E-state index < -0.39 is 44.8 Å². The van der Waals surface area contributed by atoms with Gasteiger partial charge in [-0.2, -0.15) is 13.2 Å². The topological polar surface area (TPSA) is 60.4 Å². The van der Waals surface area contributed by atoms with Crippen molar-refractivity contribution in [2.75, 3.05) is 12.4 Å². The second-order valence-electron chi connectivity index (χ2n) is 5.55. The van der Waals surface area contributed by atoms with E-state index in [2.05, 4.69) is 0 Å². The van der Waals surface area contributed by atoms with Crippen LogP contribution in [-0.2, 0) is 32.0 Å². The molecule has 8 heteroatoms. The zero-order valence-corrected chi connectivity index (χ0v) is 14.5. The van der Waals surface area contributed by atoms with Crippen LogP contribution in [0.25, 0.3) is 0 Å². The number of ether oxygens (including phenoxy) is 1. The molecule has 4 nitrogen and oxygen atoms in total. The first kappa shape index (κ1) is 20.0. The zero-order chi connectivity index (χ0) is 19.2. The highest BCUT2D eigenvalue weighted by Crippen LogP contribution is 2.30. The molecule has 26 heavy (non-hydrogen) atoms. The molecule has 0 saturated carbocycles. The van der Waals surface area contributed by atoms with Gasteiger partial charge < -0.3 is 4.74 Å². The van der Waals surface area contributed by atoms with E-state index in [0.717, 1.165) is 23.8 Å². The summed E-state index contributed by atoms with van der Waals surface area (Å²) < 4.78 is 67.1. The lowest BCUT2D eigenvalue weighted by Crippen LogP contribution is -2.16. The Labute approximate surface area is 149 Å². The SMILES string of the molecule is O=C(CCc1ccccc1)OCCS(=O)(=O)c1cccc(C(F)(F)F)c1. The molecule has 0 aliphatic carbocycles. The van der Waals surface area contributed by atoms with Gasteiger partial charge in [0.25, 0.3) is 0 Å². The summed E-state index contributed by atoms with van der Waals surface area (Å²) in [4.78, 5) is 11.2. The van der Waals surface area contributed by atoms with Crippen LogP contribution < -0.4 is 0 Å². The number of sulfone groups is 1. The molecule has 0 spiro atoms. The molecule has 140 valence electrons. The molecule has 2 rings (SSSR count). The highest BCUT2D eigenvalue weighted by atomic mass is 32.2. The Hall–Kier alpha value is -2.35. The summed E-state index contributed by atoms with van der Waals surface area (Å²) in [5.74, 6) is -1.14. The molecule has 0 bridgehead atoms. The molecule has 0 radical (unpaired) electrons. The molecule has 0 aliphatic rings. The lowest BCUT2D eigenvalue weighted by molar-refractivity contribution is -0.143. The first-order valence-electron chi connectivity index (χ1n) is 7.78. The third kappa shape index (κ3) is 5.87. The molecule has 0 atom stereocenters. The minimum absolute atomic E-state index is 0.0909. The van der Waals surface area contributed by atoms with Crippen molar-refractivity contribution in [3.8, 4) is 0 Å². The van der Waals surface area contributed by atoms with Gasteiger partial charge in [0.1, 0.15) is 6.61 Å². The first-order valence-corrected chi connectivity index (χ1v) is 9.43. The van der Waals surface area contributed by atoms with E-state index in [0.29, 0.717) is 12.5 Å². The number of rotatable bonds is 7. The van der Waals surface area contributed by atoms with Crippen molar-refractivity contribution in [1.82, 2.24) is 0 Å². The van der Waals surface area contributed by atoms with E-state index in [1.54, 1.807) is 0 Å². The van der Waals surface area contributed by atoms with Crippen LogP contribution in [0.2, 0.25) is 0 Å². The molecule has 0 saturated heterocycles. The largest absolute Gasteiger partial charge is 0.465 e. The summed E-state index contributed by atoms with van der Waals surface area (Å²) in [6.45, 7) is -0.411. The Morgan fingerprint density at radius 1 is 1.00 bits per heavy atom. The molecule has 0 fully saturated rings. The summed E-state index contributed by atoms with van der Waals surface area (Å²) in [6.07, 6.45) is -4.08. The van der Waals surface area contributed by atoms with Crippen molar-refractivity contribution in [1.29, 1.82) is 0 Å². The number of carbonyl (C=O) groups is 1. The normalized spacial score (nSPS) is 12.0. The fourth-order valence-corrected chi connectivity index (χ4v) is 3.34.